The van der Waals surface area contributed by atoms with Crippen LogP contribution in [0.5, 0.6) is 0 Å². The van der Waals surface area contributed by atoms with Crippen molar-refractivity contribution in [1.82, 2.24) is 0 Å². The largest absolute Gasteiger partial charge is 0.451 e. The number of furan rings is 1. The van der Waals surface area contributed by atoms with E-state index >= 15 is 0 Å². The molecule has 0 amide bonds. The zero-order valence-corrected chi connectivity index (χ0v) is 6.63. The summed E-state index contributed by atoms with van der Waals surface area (Å²) in [4.78, 5) is 0. The number of hydrogen-bond donors (Lipinski definition) is 1. The van der Waals surface area contributed by atoms with Crippen molar-refractivity contribution in [3.63, 3.8) is 0 Å². The zero-order valence-electron chi connectivity index (χ0n) is 4.81. The number of rotatable bonds is 1. The molecule has 1 aromatic rings. The zero-order chi connectivity index (χ0) is 6.91. The van der Waals surface area contributed by atoms with E-state index in [2.05, 4.69) is 4.42 Å². The molecule has 0 bridgehead atoms. The minimum atomic E-state index is -4.13. The molecule has 0 aliphatic rings. The topological polar surface area (TPSA) is 67.5 Å². The molecule has 0 fully saturated rings. The van der Waals surface area contributed by atoms with E-state index in [0.29, 0.717) is 0 Å². The third kappa shape index (κ3) is 2.05. The van der Waals surface area contributed by atoms with E-state index in [-0.39, 0.29) is 13.5 Å². The van der Waals surface area contributed by atoms with Crippen molar-refractivity contribution < 1.29 is 17.4 Å². The molecule has 0 aliphatic heterocycles. The van der Waals surface area contributed by atoms with Crippen LogP contribution in [-0.2, 0) is 10.1 Å². The first-order valence-corrected chi connectivity index (χ1v) is 3.56. The highest BCUT2D eigenvalue weighted by molar-refractivity contribution is 7.85. The van der Waals surface area contributed by atoms with Crippen molar-refractivity contribution in [1.29, 1.82) is 0 Å². The molecule has 1 rings (SSSR count). The van der Waals surface area contributed by atoms with Gasteiger partial charge in [-0.15, -0.1) is 0 Å². The molecule has 0 spiro atoms. The Morgan fingerprint density at radius 2 is 2.10 bits per heavy atom. The molecular formula is C4H6O4S2. The van der Waals surface area contributed by atoms with E-state index in [9.17, 15) is 8.42 Å². The third-order valence-corrected chi connectivity index (χ3v) is 1.49. The fourth-order valence-corrected chi connectivity index (χ4v) is 0.838. The van der Waals surface area contributed by atoms with Gasteiger partial charge in [-0.1, -0.05) is 0 Å². The van der Waals surface area contributed by atoms with Crippen LogP contribution in [0.3, 0.4) is 0 Å². The summed E-state index contributed by atoms with van der Waals surface area (Å²) in [5.41, 5.74) is 0. The van der Waals surface area contributed by atoms with Crippen LogP contribution in [0.4, 0.5) is 0 Å². The van der Waals surface area contributed by atoms with Crippen LogP contribution in [-0.4, -0.2) is 13.0 Å². The Balaban J connectivity index is 0.000000810. The van der Waals surface area contributed by atoms with Crippen LogP contribution >= 0.6 is 13.5 Å². The van der Waals surface area contributed by atoms with Gasteiger partial charge in [-0.05, 0) is 12.1 Å². The van der Waals surface area contributed by atoms with Gasteiger partial charge < -0.3 is 4.42 Å². The fraction of sp³-hybridized carbons (Fsp3) is 0. The van der Waals surface area contributed by atoms with Gasteiger partial charge >= 0.3 is 10.1 Å². The Labute approximate surface area is 65.0 Å². The highest BCUT2D eigenvalue weighted by atomic mass is 32.2. The molecule has 1 aromatic heterocycles. The molecular weight excluding hydrogens is 176 g/mol. The van der Waals surface area contributed by atoms with E-state index in [4.69, 9.17) is 4.55 Å². The maximum Gasteiger partial charge on any atom is 0.328 e. The molecule has 0 aromatic carbocycles. The van der Waals surface area contributed by atoms with Crippen LogP contribution in [0.15, 0.2) is 27.9 Å². The lowest BCUT2D eigenvalue weighted by Crippen LogP contribution is -1.94. The summed E-state index contributed by atoms with van der Waals surface area (Å²) in [5, 5.41) is -0.428. The highest BCUT2D eigenvalue weighted by Gasteiger charge is 2.10. The molecule has 1 heterocycles. The monoisotopic (exact) mass is 182 g/mol. The van der Waals surface area contributed by atoms with E-state index in [1.807, 2.05) is 0 Å². The summed E-state index contributed by atoms with van der Waals surface area (Å²) in [6, 6.07) is 2.54. The minimum Gasteiger partial charge on any atom is -0.451 e. The predicted octanol–water partition coefficient (Wildman–Crippen LogP) is 0.639. The van der Waals surface area contributed by atoms with Crippen molar-refractivity contribution in [3.05, 3.63) is 18.4 Å². The van der Waals surface area contributed by atoms with Crippen molar-refractivity contribution in [2.45, 2.75) is 5.09 Å². The first-order chi connectivity index (χ1) is 4.11. The molecule has 0 saturated carbocycles. The van der Waals surface area contributed by atoms with Crippen LogP contribution in [0, 0.1) is 0 Å². The number of hydrogen-bond acceptors (Lipinski definition) is 3. The van der Waals surface area contributed by atoms with Gasteiger partial charge in [-0.2, -0.15) is 21.9 Å². The second-order valence-corrected chi connectivity index (χ2v) is 2.76. The van der Waals surface area contributed by atoms with Crippen molar-refractivity contribution >= 4 is 23.6 Å². The summed E-state index contributed by atoms with van der Waals surface area (Å²) in [7, 11) is -4.13. The molecule has 4 nitrogen and oxygen atoms in total. The van der Waals surface area contributed by atoms with Gasteiger partial charge in [0.05, 0.1) is 6.26 Å². The van der Waals surface area contributed by atoms with Crippen molar-refractivity contribution in [3.8, 4) is 0 Å². The van der Waals surface area contributed by atoms with E-state index in [0.717, 1.165) is 6.07 Å². The van der Waals surface area contributed by atoms with Crippen LogP contribution in [0.2, 0.25) is 0 Å². The summed E-state index contributed by atoms with van der Waals surface area (Å²) < 4.78 is 32.9. The Morgan fingerprint density at radius 3 is 2.30 bits per heavy atom. The second kappa shape index (κ2) is 3.09. The standard InChI is InChI=1S/C4H4O4S.H2S/c5-9(6,7)4-2-1-3-8-4;/h1-3H,(H,5,6,7);1H2. The van der Waals surface area contributed by atoms with Crippen molar-refractivity contribution in [2.24, 2.45) is 0 Å². The molecule has 10 heavy (non-hydrogen) atoms. The first kappa shape index (κ1) is 9.54. The second-order valence-electron chi connectivity index (χ2n) is 1.41. The molecule has 0 unspecified atom stereocenters. The van der Waals surface area contributed by atoms with Gasteiger partial charge in [0.15, 0.2) is 0 Å². The Bertz CT molecular complexity index is 272. The average molecular weight is 182 g/mol. The SMILES string of the molecule is O=S(=O)(O)c1ccco1.S. The van der Waals surface area contributed by atoms with Crippen molar-refractivity contribution in [2.75, 3.05) is 0 Å². The summed E-state index contributed by atoms with van der Waals surface area (Å²) >= 11 is 0. The first-order valence-electron chi connectivity index (χ1n) is 2.12. The Hall–Kier alpha value is -0.460. The summed E-state index contributed by atoms with van der Waals surface area (Å²) in [5.74, 6) is 0. The normalized spacial score (nSPS) is 10.5. The fourth-order valence-electron chi connectivity index (χ4n) is 0.410. The van der Waals surface area contributed by atoms with Gasteiger partial charge in [0.1, 0.15) is 0 Å². The molecule has 0 radical (unpaired) electrons. The van der Waals surface area contributed by atoms with Gasteiger partial charge in [-0.3, -0.25) is 4.55 Å². The molecule has 6 heteroatoms. The summed E-state index contributed by atoms with van der Waals surface area (Å²) in [6.07, 6.45) is 1.17. The van der Waals surface area contributed by atoms with Crippen LogP contribution < -0.4 is 0 Å². The lowest BCUT2D eigenvalue weighted by molar-refractivity contribution is 0.407. The molecule has 0 atom stereocenters. The van der Waals surface area contributed by atoms with Crippen LogP contribution in [0.25, 0.3) is 0 Å². The summed E-state index contributed by atoms with van der Waals surface area (Å²) in [6.45, 7) is 0. The quantitative estimate of drug-likeness (QED) is 0.647. The lowest BCUT2D eigenvalue weighted by atomic mass is 10.7. The average Bonchev–Trinajstić information content (AvgIpc) is 2.08. The van der Waals surface area contributed by atoms with Gasteiger partial charge in [0.2, 0.25) is 5.09 Å². The molecule has 1 N–H and O–H groups in total. The smallest absolute Gasteiger partial charge is 0.328 e. The molecule has 0 aliphatic carbocycles. The Morgan fingerprint density at radius 1 is 1.50 bits per heavy atom. The maximum atomic E-state index is 10.2. The van der Waals surface area contributed by atoms with Crippen LogP contribution in [0.1, 0.15) is 0 Å². The molecule has 58 valence electrons. The Kier molecular flexibility index (Phi) is 2.95. The predicted molar refractivity (Wildman–Crippen MR) is 38.9 cm³/mol. The minimum absolute atomic E-state index is 0. The highest BCUT2D eigenvalue weighted by Crippen LogP contribution is 2.06. The molecule has 0 saturated heterocycles. The van der Waals surface area contributed by atoms with Gasteiger partial charge in [-0.25, -0.2) is 0 Å². The van der Waals surface area contributed by atoms with Gasteiger partial charge in [0.25, 0.3) is 0 Å². The van der Waals surface area contributed by atoms with E-state index < -0.39 is 15.2 Å². The maximum absolute atomic E-state index is 10.2. The lowest BCUT2D eigenvalue weighted by Gasteiger charge is -1.84. The van der Waals surface area contributed by atoms with E-state index in [1.165, 1.54) is 12.3 Å². The van der Waals surface area contributed by atoms with E-state index in [1.54, 1.807) is 0 Å². The van der Waals surface area contributed by atoms with Gasteiger partial charge in [0, 0.05) is 0 Å². The third-order valence-electron chi connectivity index (χ3n) is 0.749.